The SMILES string of the molecule is Cc1nn(Cc2ccc(C[C@H]3OC(=O)[C@H](CC(C)C)N(C)C(=O)[C@@H](C)OC(=O)[C@H](CC(C)C)N(C)C(=O)[C@@H](Cc4ccccc4)OC(=O)[C@H](CC(C)C)N(C)C(=O)[C@@H](C)OC(=O)[C@H](CC(C)C)N(C)C3=O)cc2)c(C)c1N. The van der Waals surface area contributed by atoms with Gasteiger partial charge in [0.15, 0.2) is 24.4 Å². The molecule has 0 aliphatic carbocycles. The van der Waals surface area contributed by atoms with Gasteiger partial charge in [0.1, 0.15) is 24.2 Å². The fourth-order valence-corrected chi connectivity index (χ4v) is 9.34. The van der Waals surface area contributed by atoms with E-state index < -0.39 is 96.1 Å². The third-order valence-electron chi connectivity index (χ3n) is 14.0. The lowest BCUT2D eigenvalue weighted by atomic mass is 9.99. The Morgan fingerprint density at radius 3 is 1.10 bits per heavy atom. The van der Waals surface area contributed by atoms with Gasteiger partial charge in [-0.1, -0.05) is 110 Å². The number of likely N-dealkylation sites (N-methyl/N-ethyl adjacent to an activating group) is 4. The maximum Gasteiger partial charge on any atom is 0.329 e. The zero-order valence-electron chi connectivity index (χ0n) is 48.2. The largest absolute Gasteiger partial charge is 0.451 e. The molecule has 2 aromatic carbocycles. The van der Waals surface area contributed by atoms with E-state index in [1.807, 2.05) is 81.4 Å². The minimum Gasteiger partial charge on any atom is -0.451 e. The van der Waals surface area contributed by atoms with Crippen molar-refractivity contribution in [1.29, 1.82) is 0 Å². The molecule has 2 N–H and O–H groups in total. The van der Waals surface area contributed by atoms with Crippen LogP contribution in [-0.2, 0) is 76.7 Å². The lowest BCUT2D eigenvalue weighted by molar-refractivity contribution is -0.176. The van der Waals surface area contributed by atoms with E-state index in [1.54, 1.807) is 47.1 Å². The van der Waals surface area contributed by atoms with Gasteiger partial charge in [-0.05, 0) is 93.7 Å². The molecule has 0 bridgehead atoms. The topological polar surface area (TPSA) is 230 Å². The van der Waals surface area contributed by atoms with Crippen LogP contribution in [0.1, 0.15) is 123 Å². The molecule has 4 amide bonds. The predicted molar refractivity (Wildman–Crippen MR) is 290 cm³/mol. The number of hydrogen-bond acceptors (Lipinski definition) is 14. The Hall–Kier alpha value is -6.79. The number of aryl methyl sites for hydroxylation is 1. The van der Waals surface area contributed by atoms with Crippen LogP contribution in [0.2, 0.25) is 0 Å². The first-order chi connectivity index (χ1) is 36.0. The van der Waals surface area contributed by atoms with Gasteiger partial charge in [0, 0.05) is 41.0 Å². The van der Waals surface area contributed by atoms with E-state index in [2.05, 4.69) is 5.10 Å². The first kappa shape index (κ1) is 62.7. The second-order valence-corrected chi connectivity index (χ2v) is 22.3. The van der Waals surface area contributed by atoms with Crippen LogP contribution in [0, 0.1) is 37.5 Å². The smallest absolute Gasteiger partial charge is 0.329 e. The average molecular weight is 1070 g/mol. The Balaban J connectivity index is 1.86. The van der Waals surface area contributed by atoms with Crippen molar-refractivity contribution in [2.45, 2.75) is 177 Å². The number of ether oxygens (including phenoxy) is 4. The van der Waals surface area contributed by atoms with E-state index in [-0.39, 0.29) is 62.2 Å². The molecule has 1 aliphatic heterocycles. The molecule has 8 atom stereocenters. The third kappa shape index (κ3) is 17.1. The number of carbonyl (C=O) groups is 8. The summed E-state index contributed by atoms with van der Waals surface area (Å²) in [6.07, 6.45) is -5.85. The molecule has 19 heteroatoms. The number of nitrogens with zero attached hydrogens (tertiary/aromatic N) is 6. The van der Waals surface area contributed by atoms with Crippen molar-refractivity contribution < 1.29 is 57.3 Å². The fourth-order valence-electron chi connectivity index (χ4n) is 9.34. The standard InChI is InChI=1S/C58H85N7O12/c1-33(2)26-44-55(70)74-40(12)52(67)62(14)47(29-36(7)8)58(73)77-49(31-42-22-24-43(25-23-42)32-65-38(10)50(59)37(9)60-65)54(69)64(16)45(27-34(3)4)56(71)75-39(11)51(66)61(13)46(28-35(5)6)57(72)76-48(53(68)63(44)15)30-41-20-18-17-19-21-41/h17-25,33-36,39-40,44-49H,26-32,59H2,1-16H3/t39-,40-,44+,45+,46+,47+,48-,49-/m1/s1. The molecule has 3 aromatic rings. The number of carbonyl (C=O) groups excluding carboxylic acids is 8. The summed E-state index contributed by atoms with van der Waals surface area (Å²) in [5, 5.41) is 4.54. The lowest BCUT2D eigenvalue weighted by Gasteiger charge is -2.35. The monoisotopic (exact) mass is 1070 g/mol. The molecule has 1 aromatic heterocycles. The molecule has 0 radical (unpaired) electrons. The summed E-state index contributed by atoms with van der Waals surface area (Å²) in [6.45, 7) is 21.6. The number of anilines is 1. The van der Waals surface area contributed by atoms with Crippen molar-refractivity contribution in [3.8, 4) is 0 Å². The highest BCUT2D eigenvalue weighted by molar-refractivity contribution is 5.94. The Labute approximate surface area is 455 Å². The Morgan fingerprint density at radius 1 is 0.468 bits per heavy atom. The van der Waals surface area contributed by atoms with E-state index in [4.69, 9.17) is 24.7 Å². The second-order valence-electron chi connectivity index (χ2n) is 22.3. The molecular formula is C58H85N7O12. The Morgan fingerprint density at radius 2 is 0.779 bits per heavy atom. The first-order valence-corrected chi connectivity index (χ1v) is 26.8. The molecule has 2 heterocycles. The van der Waals surface area contributed by atoms with Crippen LogP contribution in [0.25, 0.3) is 0 Å². The number of hydrogen-bond donors (Lipinski definition) is 1. The molecule has 424 valence electrons. The van der Waals surface area contributed by atoms with Crippen LogP contribution in [-0.4, -0.2) is 154 Å². The molecule has 0 spiro atoms. The molecule has 0 saturated carbocycles. The van der Waals surface area contributed by atoms with Crippen LogP contribution in [0.4, 0.5) is 5.69 Å². The predicted octanol–water partition coefficient (Wildman–Crippen LogP) is 6.11. The van der Waals surface area contributed by atoms with Crippen LogP contribution in [0.15, 0.2) is 54.6 Å². The molecule has 0 unspecified atom stereocenters. The van der Waals surface area contributed by atoms with Gasteiger partial charge in [-0.3, -0.25) is 23.9 Å². The lowest BCUT2D eigenvalue weighted by Crippen LogP contribution is -2.55. The van der Waals surface area contributed by atoms with Gasteiger partial charge in [-0.25, -0.2) is 19.2 Å². The number of amides is 4. The van der Waals surface area contributed by atoms with E-state index in [0.29, 0.717) is 29.1 Å². The van der Waals surface area contributed by atoms with Crippen LogP contribution in [0.3, 0.4) is 0 Å². The average Bonchev–Trinajstić information content (AvgIpc) is 3.61. The summed E-state index contributed by atoms with van der Waals surface area (Å²) < 4.78 is 25.8. The number of benzene rings is 2. The first-order valence-electron chi connectivity index (χ1n) is 26.8. The van der Waals surface area contributed by atoms with Crippen molar-refractivity contribution in [2.75, 3.05) is 33.9 Å². The zero-order valence-corrected chi connectivity index (χ0v) is 48.2. The van der Waals surface area contributed by atoms with Gasteiger partial charge < -0.3 is 44.3 Å². The number of rotatable bonds is 14. The number of cyclic esters (lactones) is 4. The van der Waals surface area contributed by atoms with Gasteiger partial charge in [-0.2, -0.15) is 5.10 Å². The summed E-state index contributed by atoms with van der Waals surface area (Å²) in [5.74, 6) is -7.36. The van der Waals surface area contributed by atoms with E-state index >= 15 is 0 Å². The molecule has 1 saturated heterocycles. The van der Waals surface area contributed by atoms with Crippen molar-refractivity contribution in [2.24, 2.45) is 23.7 Å². The summed E-state index contributed by atoms with van der Waals surface area (Å²) in [6, 6.07) is 11.1. The number of aromatic nitrogens is 2. The summed E-state index contributed by atoms with van der Waals surface area (Å²) >= 11 is 0. The molecule has 1 fully saturated rings. The van der Waals surface area contributed by atoms with Gasteiger partial charge in [0.25, 0.3) is 23.6 Å². The van der Waals surface area contributed by atoms with Crippen molar-refractivity contribution in [3.05, 3.63) is 82.7 Å². The highest BCUT2D eigenvalue weighted by Gasteiger charge is 2.43. The van der Waals surface area contributed by atoms with Crippen molar-refractivity contribution in [1.82, 2.24) is 29.4 Å². The quantitative estimate of drug-likeness (QED) is 0.142. The van der Waals surface area contributed by atoms with Gasteiger partial charge in [0.05, 0.1) is 23.6 Å². The van der Waals surface area contributed by atoms with E-state index in [9.17, 15) is 38.4 Å². The summed E-state index contributed by atoms with van der Waals surface area (Å²) in [4.78, 5) is 121. The second kappa shape index (κ2) is 28.0. The molecule has 19 nitrogen and oxygen atoms in total. The Kier molecular flexibility index (Phi) is 22.8. The van der Waals surface area contributed by atoms with Gasteiger partial charge in [0.2, 0.25) is 0 Å². The summed E-state index contributed by atoms with van der Waals surface area (Å²) in [5.41, 5.74) is 10.4. The van der Waals surface area contributed by atoms with Crippen LogP contribution >= 0.6 is 0 Å². The Bertz CT molecular complexity index is 2510. The summed E-state index contributed by atoms with van der Waals surface area (Å²) in [7, 11) is 5.56. The van der Waals surface area contributed by atoms with Crippen LogP contribution < -0.4 is 5.73 Å². The van der Waals surface area contributed by atoms with Gasteiger partial charge in [-0.15, -0.1) is 0 Å². The molecule has 4 rings (SSSR count). The minimum absolute atomic E-state index is 0.0828. The normalized spacial score (nSPS) is 23.7. The van der Waals surface area contributed by atoms with Crippen LogP contribution in [0.5, 0.6) is 0 Å². The van der Waals surface area contributed by atoms with Gasteiger partial charge >= 0.3 is 23.9 Å². The third-order valence-corrected chi connectivity index (χ3v) is 14.0. The zero-order chi connectivity index (χ0) is 57.7. The van der Waals surface area contributed by atoms with E-state index in [1.165, 1.54) is 42.0 Å². The highest BCUT2D eigenvalue weighted by Crippen LogP contribution is 2.25. The van der Waals surface area contributed by atoms with Crippen molar-refractivity contribution in [3.63, 3.8) is 0 Å². The maximum atomic E-state index is 15.0. The fraction of sp³-hybridized carbons (Fsp3) is 0.603. The molecular weight excluding hydrogens is 987 g/mol. The molecule has 77 heavy (non-hydrogen) atoms. The highest BCUT2D eigenvalue weighted by atomic mass is 16.6. The number of esters is 4. The van der Waals surface area contributed by atoms with Crippen molar-refractivity contribution >= 4 is 53.2 Å². The number of nitrogens with two attached hydrogens (primary N) is 1. The maximum absolute atomic E-state index is 15.0. The molecule has 1 aliphatic rings. The minimum atomic E-state index is -1.54. The number of nitrogen functional groups attached to an aromatic ring is 1. The van der Waals surface area contributed by atoms with E-state index in [0.717, 1.165) is 30.9 Å².